The summed E-state index contributed by atoms with van der Waals surface area (Å²) in [6.45, 7) is 2.86. The van der Waals surface area contributed by atoms with Gasteiger partial charge in [0, 0.05) is 6.54 Å². The fourth-order valence-corrected chi connectivity index (χ4v) is 0.746. The summed E-state index contributed by atoms with van der Waals surface area (Å²) in [7, 11) is 0. The van der Waals surface area contributed by atoms with E-state index >= 15 is 0 Å². The standard InChI is InChI=1S/C6H8N4/c1-2-3-10-5-8-9-6(10)4-7/h5H,2-3H2,1H3. The lowest BCUT2D eigenvalue weighted by Gasteiger charge is -1.95. The Kier molecular flexibility index (Phi) is 2.00. The third-order valence-corrected chi connectivity index (χ3v) is 1.18. The first-order chi connectivity index (χ1) is 4.88. The molecule has 0 N–H and O–H groups in total. The second-order valence-electron chi connectivity index (χ2n) is 1.96. The van der Waals surface area contributed by atoms with Gasteiger partial charge in [-0.2, -0.15) is 5.26 Å². The van der Waals surface area contributed by atoms with Crippen molar-refractivity contribution in [3.8, 4) is 6.07 Å². The second kappa shape index (κ2) is 2.97. The Balaban J connectivity index is 2.82. The SMILES string of the molecule is CCCn1cnnc1C#N. The first-order valence-electron chi connectivity index (χ1n) is 3.16. The van der Waals surface area contributed by atoms with E-state index in [0.29, 0.717) is 5.82 Å². The molecular formula is C6H8N4. The molecule has 0 aliphatic carbocycles. The van der Waals surface area contributed by atoms with Gasteiger partial charge in [0.1, 0.15) is 12.4 Å². The van der Waals surface area contributed by atoms with Gasteiger partial charge in [-0.3, -0.25) is 0 Å². The molecule has 52 valence electrons. The molecular weight excluding hydrogens is 128 g/mol. The van der Waals surface area contributed by atoms with Crippen molar-refractivity contribution in [2.24, 2.45) is 0 Å². The van der Waals surface area contributed by atoms with Gasteiger partial charge in [-0.1, -0.05) is 6.92 Å². The Bertz CT molecular complexity index is 244. The highest BCUT2D eigenvalue weighted by Gasteiger charge is 1.98. The molecule has 0 amide bonds. The highest BCUT2D eigenvalue weighted by Crippen LogP contribution is 1.93. The summed E-state index contributed by atoms with van der Waals surface area (Å²) >= 11 is 0. The van der Waals surface area contributed by atoms with Crippen molar-refractivity contribution in [3.05, 3.63) is 12.2 Å². The van der Waals surface area contributed by atoms with Crippen LogP contribution in [0.15, 0.2) is 6.33 Å². The maximum atomic E-state index is 8.46. The Hall–Kier alpha value is -1.37. The predicted octanol–water partition coefficient (Wildman–Crippen LogP) is 0.560. The van der Waals surface area contributed by atoms with Gasteiger partial charge < -0.3 is 4.57 Å². The topological polar surface area (TPSA) is 54.5 Å². The van der Waals surface area contributed by atoms with E-state index in [2.05, 4.69) is 10.2 Å². The predicted molar refractivity (Wildman–Crippen MR) is 35.0 cm³/mol. The van der Waals surface area contributed by atoms with Gasteiger partial charge in [0.25, 0.3) is 0 Å². The number of hydrogen-bond acceptors (Lipinski definition) is 3. The molecule has 0 spiro atoms. The van der Waals surface area contributed by atoms with Gasteiger partial charge in [0.15, 0.2) is 0 Å². The number of nitrogens with zero attached hydrogens (tertiary/aromatic N) is 4. The molecule has 0 radical (unpaired) electrons. The summed E-state index contributed by atoms with van der Waals surface area (Å²) in [6, 6.07) is 1.95. The average Bonchev–Trinajstić information content (AvgIpc) is 2.36. The van der Waals surface area contributed by atoms with Gasteiger partial charge >= 0.3 is 0 Å². The molecule has 0 aliphatic heterocycles. The molecule has 0 fully saturated rings. The lowest BCUT2D eigenvalue weighted by molar-refractivity contribution is 0.668. The van der Waals surface area contributed by atoms with Crippen molar-refractivity contribution in [2.75, 3.05) is 0 Å². The Labute approximate surface area is 59.1 Å². The largest absolute Gasteiger partial charge is 0.305 e. The van der Waals surface area contributed by atoms with Crippen LogP contribution in [0, 0.1) is 11.3 Å². The van der Waals surface area contributed by atoms with Crippen LogP contribution in [0.2, 0.25) is 0 Å². The van der Waals surface area contributed by atoms with Crippen LogP contribution < -0.4 is 0 Å². The Morgan fingerprint density at radius 3 is 3.20 bits per heavy atom. The zero-order valence-electron chi connectivity index (χ0n) is 5.78. The number of nitriles is 1. The number of hydrogen-bond donors (Lipinski definition) is 0. The summed E-state index contributed by atoms with van der Waals surface area (Å²) in [5, 5.41) is 15.7. The highest BCUT2D eigenvalue weighted by molar-refractivity contribution is 5.07. The van der Waals surface area contributed by atoms with Crippen LogP contribution in [-0.2, 0) is 6.54 Å². The Morgan fingerprint density at radius 1 is 1.80 bits per heavy atom. The fourth-order valence-electron chi connectivity index (χ4n) is 0.746. The van der Waals surface area contributed by atoms with Crippen molar-refractivity contribution >= 4 is 0 Å². The zero-order chi connectivity index (χ0) is 7.40. The quantitative estimate of drug-likeness (QED) is 0.596. The molecule has 4 nitrogen and oxygen atoms in total. The van der Waals surface area contributed by atoms with Gasteiger partial charge in [-0.05, 0) is 6.42 Å². The molecule has 0 saturated heterocycles. The van der Waals surface area contributed by atoms with Crippen molar-refractivity contribution in [3.63, 3.8) is 0 Å². The van der Waals surface area contributed by atoms with Gasteiger partial charge in [0.05, 0.1) is 0 Å². The molecule has 1 aromatic rings. The zero-order valence-corrected chi connectivity index (χ0v) is 5.78. The third-order valence-electron chi connectivity index (χ3n) is 1.18. The van der Waals surface area contributed by atoms with E-state index in [9.17, 15) is 0 Å². The van der Waals surface area contributed by atoms with Crippen LogP contribution in [0.5, 0.6) is 0 Å². The maximum absolute atomic E-state index is 8.46. The number of aromatic nitrogens is 3. The monoisotopic (exact) mass is 136 g/mol. The second-order valence-corrected chi connectivity index (χ2v) is 1.96. The molecule has 1 heterocycles. The maximum Gasteiger partial charge on any atom is 0.234 e. The molecule has 1 aromatic heterocycles. The molecule has 0 unspecified atom stereocenters. The summed E-state index contributed by atoms with van der Waals surface area (Å²) in [5.74, 6) is 0.391. The summed E-state index contributed by atoms with van der Waals surface area (Å²) in [4.78, 5) is 0. The summed E-state index contributed by atoms with van der Waals surface area (Å²) < 4.78 is 1.74. The third kappa shape index (κ3) is 1.13. The van der Waals surface area contributed by atoms with Crippen molar-refractivity contribution in [2.45, 2.75) is 19.9 Å². The van der Waals surface area contributed by atoms with Gasteiger partial charge in [-0.25, -0.2) is 0 Å². The van der Waals surface area contributed by atoms with Crippen LogP contribution in [0.25, 0.3) is 0 Å². The lowest BCUT2D eigenvalue weighted by atomic mass is 10.5. The minimum absolute atomic E-state index is 0.391. The lowest BCUT2D eigenvalue weighted by Crippen LogP contribution is -1.97. The van der Waals surface area contributed by atoms with Gasteiger partial charge in [0.2, 0.25) is 5.82 Å². The fraction of sp³-hybridized carbons (Fsp3) is 0.500. The van der Waals surface area contributed by atoms with Crippen LogP contribution in [-0.4, -0.2) is 14.8 Å². The van der Waals surface area contributed by atoms with Crippen molar-refractivity contribution in [1.29, 1.82) is 5.26 Å². The smallest absolute Gasteiger partial charge is 0.234 e. The van der Waals surface area contributed by atoms with Gasteiger partial charge in [-0.15, -0.1) is 10.2 Å². The van der Waals surface area contributed by atoms with E-state index in [1.165, 1.54) is 0 Å². The van der Waals surface area contributed by atoms with E-state index < -0.39 is 0 Å². The molecule has 4 heteroatoms. The average molecular weight is 136 g/mol. The van der Waals surface area contributed by atoms with E-state index in [0.717, 1.165) is 13.0 Å². The molecule has 0 atom stereocenters. The molecule has 1 rings (SSSR count). The summed E-state index contributed by atoms with van der Waals surface area (Å²) in [6.07, 6.45) is 2.56. The normalized spacial score (nSPS) is 9.20. The first-order valence-corrected chi connectivity index (χ1v) is 3.16. The molecule has 0 bridgehead atoms. The van der Waals surface area contributed by atoms with Crippen LogP contribution in [0.4, 0.5) is 0 Å². The minimum Gasteiger partial charge on any atom is -0.305 e. The van der Waals surface area contributed by atoms with Crippen LogP contribution in [0.3, 0.4) is 0 Å². The van der Waals surface area contributed by atoms with Crippen molar-refractivity contribution in [1.82, 2.24) is 14.8 Å². The van der Waals surface area contributed by atoms with E-state index in [-0.39, 0.29) is 0 Å². The van der Waals surface area contributed by atoms with E-state index in [1.54, 1.807) is 10.9 Å². The summed E-state index contributed by atoms with van der Waals surface area (Å²) in [5.41, 5.74) is 0. The molecule has 0 aromatic carbocycles. The van der Waals surface area contributed by atoms with E-state index in [4.69, 9.17) is 5.26 Å². The molecule has 0 saturated carbocycles. The minimum atomic E-state index is 0.391. The van der Waals surface area contributed by atoms with Crippen molar-refractivity contribution < 1.29 is 0 Å². The van der Waals surface area contributed by atoms with E-state index in [1.807, 2.05) is 13.0 Å². The first kappa shape index (κ1) is 6.75. The Morgan fingerprint density at radius 2 is 2.60 bits per heavy atom. The van der Waals surface area contributed by atoms with Crippen LogP contribution >= 0.6 is 0 Å². The highest BCUT2D eigenvalue weighted by atomic mass is 15.3. The molecule has 10 heavy (non-hydrogen) atoms. The van der Waals surface area contributed by atoms with Crippen LogP contribution in [0.1, 0.15) is 19.2 Å². The molecule has 0 aliphatic rings. The number of aryl methyl sites for hydroxylation is 1. The number of rotatable bonds is 2.